The molecular formula is C12H16BrNO. The molecule has 1 fully saturated rings. The molecule has 0 unspecified atom stereocenters. The molecule has 0 spiro atoms. The first-order valence-electron chi connectivity index (χ1n) is 5.42. The lowest BCUT2D eigenvalue weighted by molar-refractivity contribution is 0.281. The molecule has 0 aromatic heterocycles. The van der Waals surface area contributed by atoms with Gasteiger partial charge in [-0.25, -0.2) is 0 Å². The van der Waals surface area contributed by atoms with Crippen molar-refractivity contribution < 1.29 is 5.11 Å². The third-order valence-corrected chi connectivity index (χ3v) is 3.61. The standard InChI is InChI=1S/C12H16BrNO/c1-2-14(10-5-6-10)11-4-3-9(8-15)12(13)7-11/h3-4,7,10,15H,2,5-6,8H2,1H3. The second kappa shape index (κ2) is 4.54. The van der Waals surface area contributed by atoms with Gasteiger partial charge in [0.25, 0.3) is 0 Å². The molecule has 15 heavy (non-hydrogen) atoms. The van der Waals surface area contributed by atoms with Crippen LogP contribution in [0.5, 0.6) is 0 Å². The Morgan fingerprint density at radius 1 is 1.47 bits per heavy atom. The molecule has 1 aliphatic carbocycles. The van der Waals surface area contributed by atoms with Gasteiger partial charge in [0.1, 0.15) is 0 Å². The van der Waals surface area contributed by atoms with Crippen molar-refractivity contribution in [2.45, 2.75) is 32.4 Å². The Morgan fingerprint density at radius 2 is 2.20 bits per heavy atom. The summed E-state index contributed by atoms with van der Waals surface area (Å²) in [5.74, 6) is 0. The van der Waals surface area contributed by atoms with Crippen molar-refractivity contribution in [3.8, 4) is 0 Å². The number of aliphatic hydroxyl groups is 1. The Bertz CT molecular complexity index is 349. The van der Waals surface area contributed by atoms with Crippen LogP contribution < -0.4 is 4.90 Å². The maximum Gasteiger partial charge on any atom is 0.0692 e. The SMILES string of the molecule is CCN(c1ccc(CO)c(Br)c1)C1CC1. The number of anilines is 1. The maximum atomic E-state index is 9.08. The summed E-state index contributed by atoms with van der Waals surface area (Å²) in [7, 11) is 0. The number of halogens is 1. The molecule has 1 saturated carbocycles. The molecule has 0 bridgehead atoms. The number of hydrogen-bond donors (Lipinski definition) is 1. The van der Waals surface area contributed by atoms with E-state index in [1.807, 2.05) is 6.07 Å². The quantitative estimate of drug-likeness (QED) is 0.909. The van der Waals surface area contributed by atoms with Crippen LogP contribution in [0.1, 0.15) is 25.3 Å². The number of nitrogens with zero attached hydrogens (tertiary/aromatic N) is 1. The molecule has 0 saturated heterocycles. The zero-order chi connectivity index (χ0) is 10.8. The summed E-state index contributed by atoms with van der Waals surface area (Å²) in [6.45, 7) is 3.33. The second-order valence-corrected chi connectivity index (χ2v) is 4.81. The fraction of sp³-hybridized carbons (Fsp3) is 0.500. The highest BCUT2D eigenvalue weighted by Gasteiger charge is 2.28. The van der Waals surface area contributed by atoms with Crippen LogP contribution in [-0.2, 0) is 6.61 Å². The summed E-state index contributed by atoms with van der Waals surface area (Å²) in [4.78, 5) is 2.42. The Balaban J connectivity index is 2.23. The summed E-state index contributed by atoms with van der Waals surface area (Å²) in [5.41, 5.74) is 2.20. The Labute approximate surface area is 99.0 Å². The molecule has 0 atom stereocenters. The zero-order valence-corrected chi connectivity index (χ0v) is 10.5. The number of benzene rings is 1. The molecule has 3 heteroatoms. The molecule has 0 amide bonds. The minimum absolute atomic E-state index is 0.0937. The van der Waals surface area contributed by atoms with Crippen LogP contribution in [-0.4, -0.2) is 17.7 Å². The predicted molar refractivity (Wildman–Crippen MR) is 66.1 cm³/mol. The lowest BCUT2D eigenvalue weighted by atomic mass is 10.2. The van der Waals surface area contributed by atoms with Crippen molar-refractivity contribution in [1.82, 2.24) is 0 Å². The highest BCUT2D eigenvalue weighted by molar-refractivity contribution is 9.10. The van der Waals surface area contributed by atoms with Crippen molar-refractivity contribution in [2.24, 2.45) is 0 Å². The largest absolute Gasteiger partial charge is 0.392 e. The van der Waals surface area contributed by atoms with Crippen LogP contribution in [0.3, 0.4) is 0 Å². The van der Waals surface area contributed by atoms with E-state index < -0.39 is 0 Å². The van der Waals surface area contributed by atoms with E-state index in [0.717, 1.165) is 22.6 Å². The fourth-order valence-electron chi connectivity index (χ4n) is 1.88. The van der Waals surface area contributed by atoms with E-state index in [0.29, 0.717) is 0 Å². The summed E-state index contributed by atoms with van der Waals surface area (Å²) >= 11 is 3.49. The van der Waals surface area contributed by atoms with Crippen molar-refractivity contribution in [3.05, 3.63) is 28.2 Å². The van der Waals surface area contributed by atoms with Gasteiger partial charge in [-0.05, 0) is 37.5 Å². The van der Waals surface area contributed by atoms with Gasteiger partial charge >= 0.3 is 0 Å². The zero-order valence-electron chi connectivity index (χ0n) is 8.91. The van der Waals surface area contributed by atoms with Crippen molar-refractivity contribution in [3.63, 3.8) is 0 Å². The van der Waals surface area contributed by atoms with E-state index in [-0.39, 0.29) is 6.61 Å². The van der Waals surface area contributed by atoms with E-state index >= 15 is 0 Å². The van der Waals surface area contributed by atoms with Gasteiger partial charge in [0.05, 0.1) is 6.61 Å². The first kappa shape index (κ1) is 11.0. The number of hydrogen-bond acceptors (Lipinski definition) is 2. The third kappa shape index (κ3) is 2.34. The van der Waals surface area contributed by atoms with Gasteiger partial charge in [-0.3, -0.25) is 0 Å². The normalized spacial score (nSPS) is 15.4. The Morgan fingerprint density at radius 3 is 2.67 bits per heavy atom. The van der Waals surface area contributed by atoms with E-state index in [1.165, 1.54) is 18.5 Å². The molecule has 0 heterocycles. The first-order valence-corrected chi connectivity index (χ1v) is 6.21. The minimum Gasteiger partial charge on any atom is -0.392 e. The Kier molecular flexibility index (Phi) is 3.32. The fourth-order valence-corrected chi connectivity index (χ4v) is 2.37. The van der Waals surface area contributed by atoms with Crippen LogP contribution >= 0.6 is 15.9 Å². The van der Waals surface area contributed by atoms with Crippen LogP contribution in [0, 0.1) is 0 Å². The van der Waals surface area contributed by atoms with Gasteiger partial charge in [0, 0.05) is 22.7 Å². The number of rotatable bonds is 4. The van der Waals surface area contributed by atoms with E-state index in [4.69, 9.17) is 5.11 Å². The van der Waals surface area contributed by atoms with Gasteiger partial charge < -0.3 is 10.0 Å². The topological polar surface area (TPSA) is 23.5 Å². The van der Waals surface area contributed by atoms with E-state index in [1.54, 1.807) is 0 Å². The van der Waals surface area contributed by atoms with Crippen LogP contribution in [0.25, 0.3) is 0 Å². The summed E-state index contributed by atoms with van der Waals surface area (Å²) in [6, 6.07) is 6.93. The monoisotopic (exact) mass is 269 g/mol. The lowest BCUT2D eigenvalue weighted by Gasteiger charge is -2.23. The average Bonchev–Trinajstić information content (AvgIpc) is 3.03. The predicted octanol–water partition coefficient (Wildman–Crippen LogP) is 2.93. The minimum atomic E-state index is 0.0937. The van der Waals surface area contributed by atoms with Crippen molar-refractivity contribution in [2.75, 3.05) is 11.4 Å². The third-order valence-electron chi connectivity index (χ3n) is 2.87. The van der Waals surface area contributed by atoms with Gasteiger partial charge in [-0.1, -0.05) is 22.0 Å². The van der Waals surface area contributed by atoms with Crippen LogP contribution in [0.15, 0.2) is 22.7 Å². The number of aliphatic hydroxyl groups excluding tert-OH is 1. The molecule has 1 aromatic carbocycles. The van der Waals surface area contributed by atoms with Crippen LogP contribution in [0.2, 0.25) is 0 Å². The average molecular weight is 270 g/mol. The second-order valence-electron chi connectivity index (χ2n) is 3.95. The van der Waals surface area contributed by atoms with E-state index in [2.05, 4.69) is 39.9 Å². The maximum absolute atomic E-state index is 9.08. The molecule has 1 aliphatic rings. The molecule has 0 aliphatic heterocycles. The molecule has 82 valence electrons. The van der Waals surface area contributed by atoms with Gasteiger partial charge in [0.2, 0.25) is 0 Å². The highest BCUT2D eigenvalue weighted by atomic mass is 79.9. The molecule has 1 aromatic rings. The molecule has 2 nitrogen and oxygen atoms in total. The summed E-state index contributed by atoms with van der Waals surface area (Å²) < 4.78 is 1.00. The van der Waals surface area contributed by atoms with Crippen molar-refractivity contribution in [1.29, 1.82) is 0 Å². The van der Waals surface area contributed by atoms with Crippen molar-refractivity contribution >= 4 is 21.6 Å². The molecular weight excluding hydrogens is 254 g/mol. The van der Waals surface area contributed by atoms with Gasteiger partial charge in [-0.2, -0.15) is 0 Å². The Hall–Kier alpha value is -0.540. The molecule has 1 N–H and O–H groups in total. The summed E-state index contributed by atoms with van der Waals surface area (Å²) in [5, 5.41) is 9.08. The van der Waals surface area contributed by atoms with Gasteiger partial charge in [-0.15, -0.1) is 0 Å². The first-order chi connectivity index (χ1) is 7.26. The summed E-state index contributed by atoms with van der Waals surface area (Å²) in [6.07, 6.45) is 2.63. The molecule has 0 radical (unpaired) electrons. The molecule has 2 rings (SSSR count). The van der Waals surface area contributed by atoms with Crippen LogP contribution in [0.4, 0.5) is 5.69 Å². The lowest BCUT2D eigenvalue weighted by Crippen LogP contribution is -2.24. The van der Waals surface area contributed by atoms with E-state index in [9.17, 15) is 0 Å². The smallest absolute Gasteiger partial charge is 0.0692 e. The van der Waals surface area contributed by atoms with Gasteiger partial charge in [0.15, 0.2) is 0 Å². The highest BCUT2D eigenvalue weighted by Crippen LogP contribution is 2.33.